The fourth-order valence-electron chi connectivity index (χ4n) is 2.31. The van der Waals surface area contributed by atoms with Crippen LogP contribution < -0.4 is 16.6 Å². The zero-order chi connectivity index (χ0) is 13.7. The molecule has 0 aromatic carbocycles. The number of rotatable bonds is 5. The summed E-state index contributed by atoms with van der Waals surface area (Å²) >= 11 is 0. The Bertz CT molecular complexity index is 414. The van der Waals surface area contributed by atoms with E-state index in [-0.39, 0.29) is 11.9 Å². The highest BCUT2D eigenvalue weighted by atomic mass is 16.1. The topological polar surface area (TPSA) is 83.3 Å². The SMILES string of the molecule is CC(CN1CCCC1)NC(=O)c1ccc(NN)cn1. The Kier molecular flexibility index (Phi) is 4.70. The third kappa shape index (κ3) is 3.90. The van der Waals surface area contributed by atoms with E-state index in [9.17, 15) is 4.79 Å². The van der Waals surface area contributed by atoms with Crippen LogP contribution in [0.25, 0.3) is 0 Å². The number of hydrogen-bond donors (Lipinski definition) is 3. The maximum Gasteiger partial charge on any atom is 0.270 e. The van der Waals surface area contributed by atoms with Gasteiger partial charge in [0.25, 0.3) is 5.91 Å². The number of carbonyl (C=O) groups excluding carboxylic acids is 1. The third-order valence-corrected chi connectivity index (χ3v) is 3.27. The van der Waals surface area contributed by atoms with Crippen LogP contribution in [0.5, 0.6) is 0 Å². The molecule has 2 rings (SSSR count). The standard InChI is InChI=1S/C13H21N5O/c1-10(9-18-6-2-3-7-18)16-13(19)12-5-4-11(17-14)8-15-12/h4-5,8,10,17H,2-3,6-7,9,14H2,1H3,(H,16,19). The van der Waals surface area contributed by atoms with Gasteiger partial charge in [0.1, 0.15) is 5.69 Å². The molecule has 0 spiro atoms. The predicted molar refractivity (Wildman–Crippen MR) is 74.6 cm³/mol. The fourth-order valence-corrected chi connectivity index (χ4v) is 2.31. The molecular weight excluding hydrogens is 242 g/mol. The second-order valence-corrected chi connectivity index (χ2v) is 4.96. The Balaban J connectivity index is 1.84. The van der Waals surface area contributed by atoms with Gasteiger partial charge in [-0.3, -0.25) is 10.6 Å². The molecule has 1 amide bonds. The number of likely N-dealkylation sites (tertiary alicyclic amines) is 1. The van der Waals surface area contributed by atoms with Crippen molar-refractivity contribution in [1.82, 2.24) is 15.2 Å². The van der Waals surface area contributed by atoms with Gasteiger partial charge in [0.05, 0.1) is 11.9 Å². The van der Waals surface area contributed by atoms with Gasteiger partial charge in [0.15, 0.2) is 0 Å². The number of nitrogens with one attached hydrogen (secondary N) is 2. The molecule has 0 bridgehead atoms. The molecule has 2 heterocycles. The Morgan fingerprint density at radius 2 is 2.21 bits per heavy atom. The average molecular weight is 263 g/mol. The summed E-state index contributed by atoms with van der Waals surface area (Å²) in [5.41, 5.74) is 3.57. The molecule has 1 atom stereocenters. The van der Waals surface area contributed by atoms with Gasteiger partial charge in [0.2, 0.25) is 0 Å². The van der Waals surface area contributed by atoms with Gasteiger partial charge in [-0.05, 0) is 45.0 Å². The van der Waals surface area contributed by atoms with Gasteiger partial charge in [-0.1, -0.05) is 0 Å². The minimum absolute atomic E-state index is 0.125. The summed E-state index contributed by atoms with van der Waals surface area (Å²) in [7, 11) is 0. The maximum absolute atomic E-state index is 12.0. The first kappa shape index (κ1) is 13.8. The van der Waals surface area contributed by atoms with Crippen LogP contribution in [-0.4, -0.2) is 41.5 Å². The lowest BCUT2D eigenvalue weighted by atomic mass is 10.2. The van der Waals surface area contributed by atoms with Crippen molar-refractivity contribution in [2.45, 2.75) is 25.8 Å². The predicted octanol–water partition coefficient (Wildman–Crippen LogP) is 0.581. The number of amides is 1. The summed E-state index contributed by atoms with van der Waals surface area (Å²) in [6.45, 7) is 5.19. The van der Waals surface area contributed by atoms with Crippen LogP contribution in [0, 0.1) is 0 Å². The van der Waals surface area contributed by atoms with Gasteiger partial charge < -0.3 is 15.6 Å². The van der Waals surface area contributed by atoms with E-state index in [0.717, 1.165) is 19.6 Å². The molecule has 0 saturated carbocycles. The van der Waals surface area contributed by atoms with E-state index in [4.69, 9.17) is 5.84 Å². The molecule has 1 aromatic heterocycles. The molecule has 19 heavy (non-hydrogen) atoms. The van der Waals surface area contributed by atoms with E-state index >= 15 is 0 Å². The van der Waals surface area contributed by atoms with E-state index in [1.165, 1.54) is 12.8 Å². The van der Waals surface area contributed by atoms with Crippen LogP contribution in [0.15, 0.2) is 18.3 Å². The van der Waals surface area contributed by atoms with Crippen molar-refractivity contribution >= 4 is 11.6 Å². The fraction of sp³-hybridized carbons (Fsp3) is 0.538. The largest absolute Gasteiger partial charge is 0.347 e. The third-order valence-electron chi connectivity index (χ3n) is 3.27. The molecule has 6 nitrogen and oxygen atoms in total. The minimum atomic E-state index is -0.143. The Morgan fingerprint density at radius 1 is 1.47 bits per heavy atom. The number of hydrazine groups is 1. The van der Waals surface area contributed by atoms with Crippen LogP contribution in [0.1, 0.15) is 30.3 Å². The number of nitrogens with two attached hydrogens (primary N) is 1. The molecule has 1 fully saturated rings. The first-order chi connectivity index (χ1) is 9.19. The quantitative estimate of drug-likeness (QED) is 0.535. The Hall–Kier alpha value is -1.66. The van der Waals surface area contributed by atoms with Crippen LogP contribution >= 0.6 is 0 Å². The summed E-state index contributed by atoms with van der Waals surface area (Å²) in [6, 6.07) is 3.51. The molecule has 1 aliphatic rings. The van der Waals surface area contributed by atoms with E-state index < -0.39 is 0 Å². The molecule has 104 valence electrons. The molecular formula is C13H21N5O. The highest BCUT2D eigenvalue weighted by Crippen LogP contribution is 2.08. The van der Waals surface area contributed by atoms with E-state index in [1.54, 1.807) is 18.3 Å². The number of nitrogen functional groups attached to an aromatic ring is 1. The monoisotopic (exact) mass is 263 g/mol. The maximum atomic E-state index is 12.0. The summed E-state index contributed by atoms with van der Waals surface area (Å²) in [5, 5.41) is 2.97. The molecule has 0 aliphatic carbocycles. The summed E-state index contributed by atoms with van der Waals surface area (Å²) < 4.78 is 0. The van der Waals surface area contributed by atoms with E-state index in [1.807, 2.05) is 6.92 Å². The van der Waals surface area contributed by atoms with Crippen molar-refractivity contribution < 1.29 is 4.79 Å². The number of anilines is 1. The lowest BCUT2D eigenvalue weighted by Gasteiger charge is -2.21. The van der Waals surface area contributed by atoms with Gasteiger partial charge in [-0.25, -0.2) is 4.98 Å². The first-order valence-corrected chi connectivity index (χ1v) is 6.65. The van der Waals surface area contributed by atoms with Crippen LogP contribution in [0.2, 0.25) is 0 Å². The van der Waals surface area contributed by atoms with Crippen molar-refractivity contribution in [3.63, 3.8) is 0 Å². The number of nitrogens with zero attached hydrogens (tertiary/aromatic N) is 2. The van der Waals surface area contributed by atoms with Crippen molar-refractivity contribution in [3.05, 3.63) is 24.0 Å². The van der Waals surface area contributed by atoms with Gasteiger partial charge >= 0.3 is 0 Å². The number of aromatic nitrogens is 1. The number of hydrogen-bond acceptors (Lipinski definition) is 5. The van der Waals surface area contributed by atoms with Crippen LogP contribution in [-0.2, 0) is 0 Å². The Morgan fingerprint density at radius 3 is 2.79 bits per heavy atom. The Labute approximate surface area is 113 Å². The number of pyridine rings is 1. The van der Waals surface area contributed by atoms with E-state index in [0.29, 0.717) is 11.4 Å². The lowest BCUT2D eigenvalue weighted by molar-refractivity contribution is 0.0927. The molecule has 1 aromatic rings. The minimum Gasteiger partial charge on any atom is -0.347 e. The highest BCUT2D eigenvalue weighted by molar-refractivity contribution is 5.92. The summed E-state index contributed by atoms with van der Waals surface area (Å²) in [4.78, 5) is 18.4. The van der Waals surface area contributed by atoms with Crippen molar-refractivity contribution in [2.75, 3.05) is 25.1 Å². The van der Waals surface area contributed by atoms with Crippen LogP contribution in [0.3, 0.4) is 0 Å². The molecule has 6 heteroatoms. The zero-order valence-electron chi connectivity index (χ0n) is 11.2. The lowest BCUT2D eigenvalue weighted by Crippen LogP contribution is -2.41. The second-order valence-electron chi connectivity index (χ2n) is 4.96. The van der Waals surface area contributed by atoms with Crippen molar-refractivity contribution in [3.8, 4) is 0 Å². The van der Waals surface area contributed by atoms with E-state index in [2.05, 4.69) is 20.6 Å². The van der Waals surface area contributed by atoms with Crippen molar-refractivity contribution in [1.29, 1.82) is 0 Å². The first-order valence-electron chi connectivity index (χ1n) is 6.65. The van der Waals surface area contributed by atoms with Crippen LogP contribution in [0.4, 0.5) is 5.69 Å². The molecule has 4 N–H and O–H groups in total. The smallest absolute Gasteiger partial charge is 0.270 e. The van der Waals surface area contributed by atoms with Gasteiger partial charge in [0, 0.05) is 12.6 Å². The second kappa shape index (κ2) is 6.49. The molecule has 1 unspecified atom stereocenters. The van der Waals surface area contributed by atoms with Gasteiger partial charge in [-0.15, -0.1) is 0 Å². The zero-order valence-corrected chi connectivity index (χ0v) is 11.2. The molecule has 1 aliphatic heterocycles. The summed E-state index contributed by atoms with van der Waals surface area (Å²) in [6.07, 6.45) is 4.06. The average Bonchev–Trinajstić information content (AvgIpc) is 2.91. The molecule has 0 radical (unpaired) electrons. The number of carbonyl (C=O) groups is 1. The van der Waals surface area contributed by atoms with Gasteiger partial charge in [-0.2, -0.15) is 0 Å². The molecule has 1 saturated heterocycles. The normalized spacial score (nSPS) is 17.2. The van der Waals surface area contributed by atoms with Crippen molar-refractivity contribution in [2.24, 2.45) is 5.84 Å². The summed E-state index contributed by atoms with van der Waals surface area (Å²) in [5.74, 6) is 5.11. The highest BCUT2D eigenvalue weighted by Gasteiger charge is 2.16.